The van der Waals surface area contributed by atoms with Crippen LogP contribution in [0.2, 0.25) is 0 Å². The van der Waals surface area contributed by atoms with Crippen LogP contribution in [-0.2, 0) is 16.6 Å². The molecule has 0 unspecified atom stereocenters. The predicted octanol–water partition coefficient (Wildman–Crippen LogP) is 3.77. The van der Waals surface area contributed by atoms with Crippen LogP contribution in [0.25, 0.3) is 16.6 Å². The van der Waals surface area contributed by atoms with E-state index in [2.05, 4.69) is 31.1 Å². The third-order valence-corrected chi connectivity index (χ3v) is 6.92. The number of sulfonamides is 1. The summed E-state index contributed by atoms with van der Waals surface area (Å²) in [5.74, 6) is -0.650. The first-order valence-corrected chi connectivity index (χ1v) is 11.8. The summed E-state index contributed by atoms with van der Waals surface area (Å²) in [6.07, 6.45) is 0. The molecule has 0 radical (unpaired) electrons. The Morgan fingerprint density at radius 3 is 2.41 bits per heavy atom. The molecule has 164 valence electrons. The summed E-state index contributed by atoms with van der Waals surface area (Å²) < 4.78 is 41.3. The lowest BCUT2D eigenvalue weighted by Crippen LogP contribution is -2.23. The normalized spacial score (nSPS) is 11.6. The van der Waals surface area contributed by atoms with E-state index in [0.29, 0.717) is 26.8 Å². The van der Waals surface area contributed by atoms with E-state index in [1.807, 2.05) is 6.07 Å². The molecule has 10 heteroatoms. The van der Waals surface area contributed by atoms with E-state index in [0.717, 1.165) is 5.56 Å². The molecule has 1 aromatic heterocycles. The van der Waals surface area contributed by atoms with Crippen LogP contribution < -0.4 is 10.0 Å². The minimum atomic E-state index is -3.51. The van der Waals surface area contributed by atoms with Crippen LogP contribution in [0.1, 0.15) is 15.9 Å². The second-order valence-corrected chi connectivity index (χ2v) is 9.55. The second kappa shape index (κ2) is 8.81. The first-order valence-electron chi connectivity index (χ1n) is 9.54. The molecule has 1 heterocycles. The van der Waals surface area contributed by atoms with Gasteiger partial charge in [0, 0.05) is 11.9 Å². The molecule has 2 N–H and O–H groups in total. The first kappa shape index (κ1) is 22.1. The highest BCUT2D eigenvalue weighted by atomic mass is 79.9. The summed E-state index contributed by atoms with van der Waals surface area (Å²) in [7, 11) is -2.17. The lowest BCUT2D eigenvalue weighted by molar-refractivity contribution is 0.0952. The van der Waals surface area contributed by atoms with Crippen molar-refractivity contribution in [3.8, 4) is 5.69 Å². The van der Waals surface area contributed by atoms with Crippen molar-refractivity contribution in [2.24, 2.45) is 0 Å². The predicted molar refractivity (Wildman–Crippen MR) is 123 cm³/mol. The maximum atomic E-state index is 13.3. The molecular formula is C22H18BrFN4O3S. The minimum absolute atomic E-state index is 0.150. The quantitative estimate of drug-likeness (QED) is 0.408. The number of aromatic nitrogens is 2. The third kappa shape index (κ3) is 4.29. The first-order chi connectivity index (χ1) is 15.3. The van der Waals surface area contributed by atoms with E-state index >= 15 is 0 Å². The number of carbonyl (C=O) groups is 1. The molecule has 0 aliphatic carbocycles. The molecule has 32 heavy (non-hydrogen) atoms. The third-order valence-electron chi connectivity index (χ3n) is 4.94. The second-order valence-electron chi connectivity index (χ2n) is 6.91. The molecule has 0 aliphatic heterocycles. The van der Waals surface area contributed by atoms with Crippen LogP contribution in [0.15, 0.2) is 76.2 Å². The van der Waals surface area contributed by atoms with Gasteiger partial charge in [0.05, 0.1) is 21.7 Å². The number of nitrogens with one attached hydrogen (secondary N) is 2. The van der Waals surface area contributed by atoms with E-state index in [4.69, 9.17) is 0 Å². The van der Waals surface area contributed by atoms with Crippen molar-refractivity contribution in [2.75, 3.05) is 7.05 Å². The van der Waals surface area contributed by atoms with E-state index in [1.54, 1.807) is 41.1 Å². The lowest BCUT2D eigenvalue weighted by Gasteiger charge is -2.08. The Morgan fingerprint density at radius 1 is 1.06 bits per heavy atom. The number of nitrogens with zero attached hydrogens (tertiary/aromatic N) is 2. The highest BCUT2D eigenvalue weighted by Gasteiger charge is 2.18. The van der Waals surface area contributed by atoms with Crippen LogP contribution in [0, 0.1) is 5.82 Å². The smallest absolute Gasteiger partial charge is 0.252 e. The Labute approximate surface area is 192 Å². The fourth-order valence-electron chi connectivity index (χ4n) is 3.28. The zero-order valence-corrected chi connectivity index (χ0v) is 19.2. The monoisotopic (exact) mass is 516 g/mol. The molecule has 4 rings (SSSR count). The molecule has 0 spiro atoms. The van der Waals surface area contributed by atoms with Gasteiger partial charge in [-0.2, -0.15) is 5.10 Å². The number of benzene rings is 3. The average Bonchev–Trinajstić information content (AvgIpc) is 3.15. The fourth-order valence-corrected chi connectivity index (χ4v) is 4.58. The molecule has 0 saturated carbocycles. The van der Waals surface area contributed by atoms with E-state index in [1.165, 1.54) is 31.3 Å². The van der Waals surface area contributed by atoms with Crippen LogP contribution in [0.4, 0.5) is 4.39 Å². The standard InChI is InChI=1S/C22H18BrFN4O3S/c1-25-32(30,31)17-11-5-14(6-12-17)13-26-22(29)18-3-2-4-19-20(18)21(23)27-28(19)16-9-7-15(24)8-10-16/h2-12,25H,13H2,1H3,(H,26,29). The number of rotatable bonds is 6. The van der Waals surface area contributed by atoms with Gasteiger partial charge in [-0.3, -0.25) is 4.79 Å². The van der Waals surface area contributed by atoms with Crippen molar-refractivity contribution < 1.29 is 17.6 Å². The Kier molecular flexibility index (Phi) is 6.09. The Hall–Kier alpha value is -3.08. The van der Waals surface area contributed by atoms with Crippen molar-refractivity contribution in [2.45, 2.75) is 11.4 Å². The summed E-state index contributed by atoms with van der Waals surface area (Å²) in [4.78, 5) is 13.1. The number of halogens is 2. The van der Waals surface area contributed by atoms with E-state index in [9.17, 15) is 17.6 Å². The molecule has 0 atom stereocenters. The number of hydrogen-bond donors (Lipinski definition) is 2. The summed E-state index contributed by atoms with van der Waals surface area (Å²) in [5.41, 5.74) is 2.53. The van der Waals surface area contributed by atoms with Crippen molar-refractivity contribution in [3.05, 3.63) is 88.3 Å². The molecule has 0 aliphatic rings. The van der Waals surface area contributed by atoms with Crippen molar-refractivity contribution in [3.63, 3.8) is 0 Å². The summed E-state index contributed by atoms with van der Waals surface area (Å²) in [5, 5.41) is 7.94. The SMILES string of the molecule is CNS(=O)(=O)c1ccc(CNC(=O)c2cccc3c2c(Br)nn3-c2ccc(F)cc2)cc1. The van der Waals surface area contributed by atoms with Gasteiger partial charge in [0.2, 0.25) is 10.0 Å². The molecular weight excluding hydrogens is 499 g/mol. The van der Waals surface area contributed by atoms with Crippen LogP contribution in [-0.4, -0.2) is 31.2 Å². The lowest BCUT2D eigenvalue weighted by atomic mass is 10.1. The van der Waals surface area contributed by atoms with Gasteiger partial charge in [0.25, 0.3) is 5.91 Å². The van der Waals surface area contributed by atoms with E-state index in [-0.39, 0.29) is 23.2 Å². The van der Waals surface area contributed by atoms with Crippen molar-refractivity contribution >= 4 is 42.8 Å². The number of amides is 1. The zero-order chi connectivity index (χ0) is 22.9. The van der Waals surface area contributed by atoms with Crippen LogP contribution >= 0.6 is 15.9 Å². The highest BCUT2D eigenvalue weighted by molar-refractivity contribution is 9.10. The molecule has 7 nitrogen and oxygen atoms in total. The van der Waals surface area contributed by atoms with Crippen molar-refractivity contribution in [1.82, 2.24) is 19.8 Å². The molecule has 4 aromatic rings. The molecule has 0 fully saturated rings. The highest BCUT2D eigenvalue weighted by Crippen LogP contribution is 2.29. The van der Waals surface area contributed by atoms with Gasteiger partial charge in [-0.05, 0) is 77.1 Å². The number of hydrogen-bond acceptors (Lipinski definition) is 4. The maximum Gasteiger partial charge on any atom is 0.252 e. The largest absolute Gasteiger partial charge is 0.348 e. The number of carbonyl (C=O) groups excluding carboxylic acids is 1. The molecule has 1 amide bonds. The van der Waals surface area contributed by atoms with Gasteiger partial charge in [0.15, 0.2) is 0 Å². The number of fused-ring (bicyclic) bond motifs is 1. The zero-order valence-electron chi connectivity index (χ0n) is 16.8. The molecule has 0 bridgehead atoms. The summed E-state index contributed by atoms with van der Waals surface area (Å²) >= 11 is 3.43. The van der Waals surface area contributed by atoms with Gasteiger partial charge < -0.3 is 5.32 Å². The molecule has 3 aromatic carbocycles. The van der Waals surface area contributed by atoms with Crippen LogP contribution in [0.3, 0.4) is 0 Å². The van der Waals surface area contributed by atoms with Gasteiger partial charge in [-0.1, -0.05) is 18.2 Å². The maximum absolute atomic E-state index is 13.3. The van der Waals surface area contributed by atoms with Crippen LogP contribution in [0.5, 0.6) is 0 Å². The van der Waals surface area contributed by atoms with Gasteiger partial charge in [-0.25, -0.2) is 22.2 Å². The average molecular weight is 517 g/mol. The topological polar surface area (TPSA) is 93.1 Å². The molecule has 0 saturated heterocycles. The van der Waals surface area contributed by atoms with Crippen molar-refractivity contribution in [1.29, 1.82) is 0 Å². The van der Waals surface area contributed by atoms with Gasteiger partial charge in [0.1, 0.15) is 10.4 Å². The minimum Gasteiger partial charge on any atom is -0.348 e. The van der Waals surface area contributed by atoms with E-state index < -0.39 is 10.0 Å². The summed E-state index contributed by atoms with van der Waals surface area (Å²) in [6.45, 7) is 0.221. The Balaban J connectivity index is 1.58. The Morgan fingerprint density at radius 2 is 1.75 bits per heavy atom. The Bertz CT molecular complexity index is 1400. The van der Waals surface area contributed by atoms with Gasteiger partial charge in [-0.15, -0.1) is 0 Å². The summed E-state index contributed by atoms with van der Waals surface area (Å²) in [6, 6.07) is 17.5. The van der Waals surface area contributed by atoms with Gasteiger partial charge >= 0.3 is 0 Å². The fraction of sp³-hybridized carbons (Fsp3) is 0.0909.